The molecule has 3 aromatic rings. The van der Waals surface area contributed by atoms with Crippen molar-refractivity contribution in [2.75, 3.05) is 6.61 Å². The normalized spacial score (nSPS) is 17.6. The molecule has 0 aliphatic heterocycles. The minimum Gasteiger partial charge on any atom is -0.491 e. The Morgan fingerprint density at radius 2 is 1.49 bits per heavy atom. The lowest BCUT2D eigenvalue weighted by Crippen LogP contribution is -2.13. The number of benzene rings is 3. The zero-order chi connectivity index (χ0) is 26.2. The van der Waals surface area contributed by atoms with Crippen molar-refractivity contribution >= 4 is 0 Å². The van der Waals surface area contributed by atoms with Crippen LogP contribution in [0.15, 0.2) is 54.6 Å². The number of ether oxygens (including phenoxy) is 1. The fraction of sp³-hybridized carbons (Fsp3) is 0.455. The molecular weight excluding hydrogens is 469 g/mol. The second kappa shape index (κ2) is 13.2. The average molecular weight is 509 g/mol. The molecule has 0 radical (unpaired) electrons. The van der Waals surface area contributed by atoms with E-state index >= 15 is 0 Å². The number of hydrogen-bond donors (Lipinski definition) is 0. The summed E-state index contributed by atoms with van der Waals surface area (Å²) < 4.78 is 49.9. The van der Waals surface area contributed by atoms with Crippen molar-refractivity contribution in [3.63, 3.8) is 0 Å². The molecule has 1 fully saturated rings. The molecule has 0 heterocycles. The molecule has 0 spiro atoms. The first-order chi connectivity index (χ1) is 18.0. The quantitative estimate of drug-likeness (QED) is 0.234. The van der Waals surface area contributed by atoms with Crippen LogP contribution in [0.3, 0.4) is 0 Å². The van der Waals surface area contributed by atoms with Crippen LogP contribution in [0, 0.1) is 23.4 Å². The highest BCUT2D eigenvalue weighted by molar-refractivity contribution is 5.64. The molecule has 0 bridgehead atoms. The van der Waals surface area contributed by atoms with E-state index in [9.17, 15) is 13.2 Å². The van der Waals surface area contributed by atoms with Crippen LogP contribution >= 0.6 is 0 Å². The predicted molar refractivity (Wildman–Crippen MR) is 146 cm³/mol. The number of halogens is 3. The molecular formula is C33H39F3O. The van der Waals surface area contributed by atoms with Gasteiger partial charge in [0.25, 0.3) is 0 Å². The van der Waals surface area contributed by atoms with Crippen LogP contribution in [0.5, 0.6) is 5.75 Å². The van der Waals surface area contributed by atoms with E-state index in [1.54, 1.807) is 18.2 Å². The maximum absolute atomic E-state index is 14.9. The van der Waals surface area contributed by atoms with Gasteiger partial charge in [0, 0.05) is 0 Å². The van der Waals surface area contributed by atoms with Gasteiger partial charge in [-0.15, -0.1) is 0 Å². The molecule has 1 saturated carbocycles. The standard InChI is InChI=1S/C33H39F3O/c1-3-4-5-6-21-37-31-20-18-28(22-30(31)34)25-14-9-24(10-15-25)11-16-27-17-19-29(33(36)32(27)35)26-12-7-23(2)8-13-26/h9-10,14-15,17-20,22-23,26H,3-8,11-13,16,21H2,1-2H3. The van der Waals surface area contributed by atoms with Gasteiger partial charge in [0.1, 0.15) is 0 Å². The molecule has 0 atom stereocenters. The topological polar surface area (TPSA) is 9.23 Å². The van der Waals surface area contributed by atoms with Gasteiger partial charge in [-0.3, -0.25) is 0 Å². The van der Waals surface area contributed by atoms with Gasteiger partial charge in [0.2, 0.25) is 0 Å². The molecule has 4 heteroatoms. The highest BCUT2D eigenvalue weighted by atomic mass is 19.2. The van der Waals surface area contributed by atoms with Crippen molar-refractivity contribution in [1.82, 2.24) is 0 Å². The van der Waals surface area contributed by atoms with Gasteiger partial charge in [0.05, 0.1) is 6.61 Å². The van der Waals surface area contributed by atoms with Crippen LogP contribution < -0.4 is 4.74 Å². The Bertz CT molecular complexity index is 1150. The molecule has 1 nitrogen and oxygen atoms in total. The van der Waals surface area contributed by atoms with E-state index in [0.717, 1.165) is 61.6 Å². The van der Waals surface area contributed by atoms with E-state index in [4.69, 9.17) is 4.74 Å². The Balaban J connectivity index is 1.34. The summed E-state index contributed by atoms with van der Waals surface area (Å²) in [5.41, 5.74) is 3.67. The second-order valence-electron chi connectivity index (χ2n) is 10.6. The van der Waals surface area contributed by atoms with Gasteiger partial charge in [-0.25, -0.2) is 13.2 Å². The summed E-state index contributed by atoms with van der Waals surface area (Å²) in [6.07, 6.45) is 9.40. The summed E-state index contributed by atoms with van der Waals surface area (Å²) in [5, 5.41) is 0. The van der Waals surface area contributed by atoms with Crippen LogP contribution in [0.2, 0.25) is 0 Å². The largest absolute Gasteiger partial charge is 0.491 e. The van der Waals surface area contributed by atoms with E-state index in [1.807, 2.05) is 30.3 Å². The first kappa shape index (κ1) is 27.3. The van der Waals surface area contributed by atoms with Crippen molar-refractivity contribution in [3.05, 3.63) is 88.7 Å². The molecule has 0 unspecified atom stereocenters. The molecule has 0 saturated heterocycles. The molecule has 0 aromatic heterocycles. The maximum Gasteiger partial charge on any atom is 0.165 e. The van der Waals surface area contributed by atoms with Crippen LogP contribution in [0.25, 0.3) is 11.1 Å². The highest BCUT2D eigenvalue weighted by Gasteiger charge is 2.24. The maximum atomic E-state index is 14.9. The lowest BCUT2D eigenvalue weighted by molar-refractivity contribution is 0.290. The van der Waals surface area contributed by atoms with Gasteiger partial charge in [-0.2, -0.15) is 0 Å². The zero-order valence-corrected chi connectivity index (χ0v) is 22.2. The molecule has 1 aliphatic rings. The van der Waals surface area contributed by atoms with E-state index in [1.165, 1.54) is 12.5 Å². The van der Waals surface area contributed by atoms with Crippen molar-refractivity contribution in [2.45, 2.75) is 84.0 Å². The molecule has 3 aromatic carbocycles. The molecule has 1 aliphatic carbocycles. The van der Waals surface area contributed by atoms with Crippen LogP contribution in [-0.2, 0) is 12.8 Å². The smallest absolute Gasteiger partial charge is 0.165 e. The van der Waals surface area contributed by atoms with Crippen LogP contribution in [0.1, 0.15) is 87.8 Å². The average Bonchev–Trinajstić information content (AvgIpc) is 2.91. The summed E-state index contributed by atoms with van der Waals surface area (Å²) in [4.78, 5) is 0. The first-order valence-electron chi connectivity index (χ1n) is 13.9. The summed E-state index contributed by atoms with van der Waals surface area (Å²) >= 11 is 0. The fourth-order valence-electron chi connectivity index (χ4n) is 5.34. The molecule has 37 heavy (non-hydrogen) atoms. The Morgan fingerprint density at radius 1 is 0.757 bits per heavy atom. The number of aryl methyl sites for hydroxylation is 2. The lowest BCUT2D eigenvalue weighted by atomic mass is 9.79. The highest BCUT2D eigenvalue weighted by Crippen LogP contribution is 2.37. The van der Waals surface area contributed by atoms with Crippen LogP contribution in [0.4, 0.5) is 13.2 Å². The number of hydrogen-bond acceptors (Lipinski definition) is 1. The fourth-order valence-corrected chi connectivity index (χ4v) is 5.34. The van der Waals surface area contributed by atoms with Crippen LogP contribution in [-0.4, -0.2) is 6.61 Å². The summed E-state index contributed by atoms with van der Waals surface area (Å²) in [6, 6.07) is 16.4. The Hall–Kier alpha value is -2.75. The minimum absolute atomic E-state index is 0.128. The van der Waals surface area contributed by atoms with Gasteiger partial charge in [0.15, 0.2) is 23.2 Å². The van der Waals surface area contributed by atoms with Gasteiger partial charge in [-0.1, -0.05) is 88.4 Å². The predicted octanol–water partition coefficient (Wildman–Crippen LogP) is 9.81. The van der Waals surface area contributed by atoms with E-state index in [-0.39, 0.29) is 17.5 Å². The third kappa shape index (κ3) is 7.18. The molecule has 0 N–H and O–H groups in total. The summed E-state index contributed by atoms with van der Waals surface area (Å²) in [5.74, 6) is -0.634. The van der Waals surface area contributed by atoms with E-state index < -0.39 is 11.6 Å². The second-order valence-corrected chi connectivity index (χ2v) is 10.6. The third-order valence-corrected chi connectivity index (χ3v) is 7.81. The van der Waals surface area contributed by atoms with Crippen molar-refractivity contribution in [2.24, 2.45) is 5.92 Å². The van der Waals surface area contributed by atoms with Crippen molar-refractivity contribution in [3.8, 4) is 16.9 Å². The first-order valence-corrected chi connectivity index (χ1v) is 13.9. The SMILES string of the molecule is CCCCCCOc1ccc(-c2ccc(CCc3ccc(C4CCC(C)CC4)c(F)c3F)cc2)cc1F. The lowest BCUT2D eigenvalue weighted by Gasteiger charge is -2.27. The minimum atomic E-state index is -0.698. The number of rotatable bonds is 11. The van der Waals surface area contributed by atoms with Crippen molar-refractivity contribution < 1.29 is 17.9 Å². The van der Waals surface area contributed by atoms with E-state index in [2.05, 4.69) is 13.8 Å². The zero-order valence-electron chi connectivity index (χ0n) is 22.2. The molecule has 198 valence electrons. The monoisotopic (exact) mass is 508 g/mol. The Labute approximate surface area is 220 Å². The molecule has 4 rings (SSSR count). The van der Waals surface area contributed by atoms with Gasteiger partial charge in [-0.05, 0) is 83.9 Å². The van der Waals surface area contributed by atoms with Gasteiger partial charge < -0.3 is 4.74 Å². The van der Waals surface area contributed by atoms with Gasteiger partial charge >= 0.3 is 0 Å². The summed E-state index contributed by atoms with van der Waals surface area (Å²) in [7, 11) is 0. The van der Waals surface area contributed by atoms with E-state index in [0.29, 0.717) is 36.5 Å². The molecule has 0 amide bonds. The number of unbranched alkanes of at least 4 members (excludes halogenated alkanes) is 3. The van der Waals surface area contributed by atoms with Crippen molar-refractivity contribution in [1.29, 1.82) is 0 Å². The Morgan fingerprint density at radius 3 is 2.19 bits per heavy atom. The third-order valence-electron chi connectivity index (χ3n) is 7.81. The summed E-state index contributed by atoms with van der Waals surface area (Å²) in [6.45, 7) is 4.91. The Kier molecular flexibility index (Phi) is 9.71.